The van der Waals surface area contributed by atoms with E-state index in [9.17, 15) is 19.2 Å². The number of hydrogen-bond acceptors (Lipinski definition) is 4. The molecule has 6 rings (SSSR count). The Morgan fingerprint density at radius 2 is 0.706 bits per heavy atom. The largest absolute Gasteiger partial charge is 0.289 e. The molecule has 0 fully saturated rings. The van der Waals surface area contributed by atoms with E-state index in [1.807, 2.05) is 19.1 Å². The summed E-state index contributed by atoms with van der Waals surface area (Å²) in [6.45, 7) is 2.03. The third kappa shape index (κ3) is 3.41. The minimum absolute atomic E-state index is 0.0458. The average Bonchev–Trinajstić information content (AvgIpc) is 2.90. The lowest BCUT2D eigenvalue weighted by Gasteiger charge is -2.17. The second-order valence-corrected chi connectivity index (χ2v) is 8.19. The highest BCUT2D eigenvalue weighted by Gasteiger charge is 2.29. The van der Waals surface area contributed by atoms with Gasteiger partial charge in [0.2, 0.25) is 0 Å². The lowest BCUT2D eigenvalue weighted by Crippen LogP contribution is -2.20. The molecular weight excluding hydrogens is 424 g/mol. The number of fused-ring (bicyclic) bond motifs is 4. The number of benzene rings is 4. The Morgan fingerprint density at radius 3 is 1.03 bits per heavy atom. The van der Waals surface area contributed by atoms with Crippen LogP contribution in [-0.4, -0.2) is 23.1 Å². The van der Waals surface area contributed by atoms with Crippen LogP contribution in [-0.2, 0) is 6.42 Å². The highest BCUT2D eigenvalue weighted by atomic mass is 16.1. The SMILES string of the molecule is CCc1ccc2c(c1)C(=O)c1ccccc1C2=O.O=C1c2ccccc2C(=O)c2ccccc21. The molecule has 0 amide bonds. The first kappa shape index (κ1) is 21.4. The van der Waals surface area contributed by atoms with Crippen molar-refractivity contribution in [2.45, 2.75) is 13.3 Å². The van der Waals surface area contributed by atoms with Gasteiger partial charge in [0.25, 0.3) is 0 Å². The highest BCUT2D eigenvalue weighted by Crippen LogP contribution is 2.28. The minimum Gasteiger partial charge on any atom is -0.289 e. The summed E-state index contributed by atoms with van der Waals surface area (Å²) in [6.07, 6.45) is 0.858. The fraction of sp³-hybridized carbons (Fsp3) is 0.0667. The molecule has 4 nitrogen and oxygen atoms in total. The number of carbonyl (C=O) groups is 4. The predicted octanol–water partition coefficient (Wildman–Crippen LogP) is 5.49. The van der Waals surface area contributed by atoms with Gasteiger partial charge >= 0.3 is 0 Å². The van der Waals surface area contributed by atoms with Crippen LogP contribution >= 0.6 is 0 Å². The summed E-state index contributed by atoms with van der Waals surface area (Å²) in [5.41, 5.74) is 5.19. The molecule has 0 heterocycles. The van der Waals surface area contributed by atoms with E-state index in [-0.39, 0.29) is 23.1 Å². The molecule has 0 bridgehead atoms. The lowest BCUT2D eigenvalue weighted by molar-refractivity contribution is 0.0979. The fourth-order valence-electron chi connectivity index (χ4n) is 4.41. The van der Waals surface area contributed by atoms with Crippen molar-refractivity contribution in [2.24, 2.45) is 0 Å². The van der Waals surface area contributed by atoms with Gasteiger partial charge in [0, 0.05) is 44.5 Å². The van der Waals surface area contributed by atoms with E-state index in [0.29, 0.717) is 44.5 Å². The quantitative estimate of drug-likeness (QED) is 0.336. The van der Waals surface area contributed by atoms with E-state index >= 15 is 0 Å². The van der Waals surface area contributed by atoms with E-state index in [2.05, 4.69) is 0 Å². The van der Waals surface area contributed by atoms with Gasteiger partial charge in [0.1, 0.15) is 0 Å². The van der Waals surface area contributed by atoms with Crippen LogP contribution in [0.15, 0.2) is 91.0 Å². The second-order valence-electron chi connectivity index (χ2n) is 8.19. The minimum atomic E-state index is -0.0641. The van der Waals surface area contributed by atoms with Gasteiger partial charge in [0.05, 0.1) is 0 Å². The van der Waals surface area contributed by atoms with Crippen LogP contribution in [0.25, 0.3) is 0 Å². The first-order chi connectivity index (χ1) is 16.5. The highest BCUT2D eigenvalue weighted by molar-refractivity contribution is 6.29. The molecule has 34 heavy (non-hydrogen) atoms. The average molecular weight is 444 g/mol. The summed E-state index contributed by atoms with van der Waals surface area (Å²) in [4.78, 5) is 48.9. The van der Waals surface area contributed by atoms with Gasteiger partial charge in [0.15, 0.2) is 23.1 Å². The molecule has 0 radical (unpaired) electrons. The molecule has 0 aliphatic heterocycles. The molecule has 0 saturated carbocycles. The molecule has 0 saturated heterocycles. The molecule has 4 heteroatoms. The van der Waals surface area contributed by atoms with Crippen molar-refractivity contribution in [3.8, 4) is 0 Å². The third-order valence-corrected chi connectivity index (χ3v) is 6.23. The van der Waals surface area contributed by atoms with Crippen LogP contribution in [0.5, 0.6) is 0 Å². The molecule has 2 aliphatic rings. The zero-order valence-corrected chi connectivity index (χ0v) is 18.5. The van der Waals surface area contributed by atoms with E-state index in [4.69, 9.17) is 0 Å². The Hall–Kier alpha value is -4.44. The van der Waals surface area contributed by atoms with Crippen molar-refractivity contribution in [2.75, 3.05) is 0 Å². The van der Waals surface area contributed by atoms with Crippen molar-refractivity contribution in [3.05, 3.63) is 141 Å². The number of aryl methyl sites for hydroxylation is 1. The first-order valence-electron chi connectivity index (χ1n) is 11.1. The smallest absolute Gasteiger partial charge is 0.194 e. The molecule has 0 unspecified atom stereocenters. The van der Waals surface area contributed by atoms with Gasteiger partial charge in [-0.25, -0.2) is 0 Å². The van der Waals surface area contributed by atoms with Gasteiger partial charge in [-0.3, -0.25) is 19.2 Å². The van der Waals surface area contributed by atoms with Crippen LogP contribution in [0.2, 0.25) is 0 Å². The molecular formula is C30H20O4. The third-order valence-electron chi connectivity index (χ3n) is 6.23. The molecule has 4 aromatic carbocycles. The second kappa shape index (κ2) is 8.49. The number of carbonyl (C=O) groups excluding carboxylic acids is 4. The molecule has 0 atom stereocenters. The van der Waals surface area contributed by atoms with Crippen molar-refractivity contribution < 1.29 is 19.2 Å². The molecule has 2 aliphatic carbocycles. The van der Waals surface area contributed by atoms with Crippen LogP contribution < -0.4 is 0 Å². The molecule has 0 spiro atoms. The molecule has 4 aromatic rings. The molecule has 0 N–H and O–H groups in total. The Balaban J connectivity index is 0.000000142. The zero-order valence-electron chi connectivity index (χ0n) is 18.5. The maximum atomic E-state index is 12.4. The summed E-state index contributed by atoms with van der Waals surface area (Å²) in [5, 5.41) is 0. The van der Waals surface area contributed by atoms with Gasteiger partial charge in [-0.1, -0.05) is 91.9 Å². The van der Waals surface area contributed by atoms with Crippen LogP contribution in [0.1, 0.15) is 76.2 Å². The Kier molecular flexibility index (Phi) is 5.34. The summed E-state index contributed by atoms with van der Waals surface area (Å²) in [5.74, 6) is -0.227. The maximum Gasteiger partial charge on any atom is 0.194 e. The van der Waals surface area contributed by atoms with Gasteiger partial charge in [-0.2, -0.15) is 0 Å². The van der Waals surface area contributed by atoms with Gasteiger partial charge in [-0.05, 0) is 18.1 Å². The normalized spacial score (nSPS) is 13.2. The summed E-state index contributed by atoms with van der Waals surface area (Å²) in [6, 6.07) is 26.4. The summed E-state index contributed by atoms with van der Waals surface area (Å²) >= 11 is 0. The Labute approximate surface area is 196 Å². The molecule has 0 aromatic heterocycles. The van der Waals surface area contributed by atoms with E-state index < -0.39 is 0 Å². The fourth-order valence-corrected chi connectivity index (χ4v) is 4.41. The molecule has 164 valence electrons. The lowest BCUT2D eigenvalue weighted by atomic mass is 9.83. The van der Waals surface area contributed by atoms with E-state index in [1.54, 1.807) is 78.9 Å². The van der Waals surface area contributed by atoms with Crippen molar-refractivity contribution in [1.82, 2.24) is 0 Å². The van der Waals surface area contributed by atoms with Crippen LogP contribution in [0, 0.1) is 0 Å². The van der Waals surface area contributed by atoms with Crippen molar-refractivity contribution in [3.63, 3.8) is 0 Å². The topological polar surface area (TPSA) is 68.3 Å². The first-order valence-corrected chi connectivity index (χ1v) is 11.1. The number of rotatable bonds is 1. The summed E-state index contributed by atoms with van der Waals surface area (Å²) in [7, 11) is 0. The van der Waals surface area contributed by atoms with Crippen LogP contribution in [0.4, 0.5) is 0 Å². The summed E-state index contributed by atoms with van der Waals surface area (Å²) < 4.78 is 0. The zero-order chi connectivity index (χ0) is 23.8. The van der Waals surface area contributed by atoms with Gasteiger partial charge < -0.3 is 0 Å². The predicted molar refractivity (Wildman–Crippen MR) is 129 cm³/mol. The van der Waals surface area contributed by atoms with Crippen LogP contribution in [0.3, 0.4) is 0 Å². The maximum absolute atomic E-state index is 12.4. The van der Waals surface area contributed by atoms with Crippen molar-refractivity contribution in [1.29, 1.82) is 0 Å². The number of ketones is 4. The van der Waals surface area contributed by atoms with Gasteiger partial charge in [-0.15, -0.1) is 0 Å². The Bertz CT molecular complexity index is 1400. The van der Waals surface area contributed by atoms with E-state index in [0.717, 1.165) is 12.0 Å². The Morgan fingerprint density at radius 1 is 0.412 bits per heavy atom. The monoisotopic (exact) mass is 444 g/mol. The standard InChI is InChI=1S/C16H12O2.C14H8O2/c1-2-10-7-8-13-14(9-10)16(18)12-6-4-3-5-11(12)15(13)17;15-13-9-5-1-2-6-10(9)14(16)12-8-4-3-7-11(12)13/h3-9H,2H2,1H3;1-8H. The number of hydrogen-bond donors (Lipinski definition) is 0. The van der Waals surface area contributed by atoms with E-state index in [1.165, 1.54) is 0 Å². The van der Waals surface area contributed by atoms with Crippen molar-refractivity contribution >= 4 is 23.1 Å².